The van der Waals surface area contributed by atoms with Crippen molar-refractivity contribution in [1.82, 2.24) is 0 Å². The highest BCUT2D eigenvalue weighted by Gasteiger charge is 2.50. The van der Waals surface area contributed by atoms with Crippen molar-refractivity contribution >= 4 is 49.8 Å². The van der Waals surface area contributed by atoms with Crippen LogP contribution in [-0.2, 0) is 0 Å². The van der Waals surface area contributed by atoms with E-state index < -0.39 is 4.99 Å². The number of rotatable bonds is 4. The smallest absolute Gasteiger partial charge is 0.224 e. The van der Waals surface area contributed by atoms with Crippen molar-refractivity contribution in [3.63, 3.8) is 0 Å². The Labute approximate surface area is 217 Å². The molecule has 0 saturated carbocycles. The zero-order chi connectivity index (χ0) is 23.7. The summed E-state index contributed by atoms with van der Waals surface area (Å²) in [6.45, 7) is 0. The summed E-state index contributed by atoms with van der Waals surface area (Å²) in [6.07, 6.45) is 4.32. The highest BCUT2D eigenvalue weighted by molar-refractivity contribution is 9.10. The summed E-state index contributed by atoms with van der Waals surface area (Å²) in [5.41, 5.74) is 5.02. The topological polar surface area (TPSA) is 31.2 Å². The number of para-hydroxylation sites is 2. The molecular formula is C29H21BrN4S. The van der Waals surface area contributed by atoms with Crippen molar-refractivity contribution in [2.24, 2.45) is 10.2 Å². The minimum Gasteiger partial charge on any atom is -0.224 e. The maximum Gasteiger partial charge on any atom is 0.227 e. The van der Waals surface area contributed by atoms with Crippen LogP contribution < -0.4 is 10.0 Å². The molecule has 6 heteroatoms. The number of allylic oxidation sites excluding steroid dienone is 1. The molecule has 1 spiro atoms. The van der Waals surface area contributed by atoms with E-state index in [-0.39, 0.29) is 0 Å². The van der Waals surface area contributed by atoms with Crippen LogP contribution in [0.3, 0.4) is 0 Å². The van der Waals surface area contributed by atoms with Crippen LogP contribution in [0, 0.1) is 0 Å². The summed E-state index contributed by atoms with van der Waals surface area (Å²) in [6, 6.07) is 39.1. The highest BCUT2D eigenvalue weighted by Crippen LogP contribution is 2.48. The summed E-state index contributed by atoms with van der Waals surface area (Å²) in [5, 5.41) is 15.4. The molecule has 0 radical (unpaired) electrons. The number of hydrogen-bond donors (Lipinski definition) is 0. The Bertz CT molecular complexity index is 1420. The summed E-state index contributed by atoms with van der Waals surface area (Å²) in [7, 11) is 0. The fraction of sp³-hybridized carbons (Fsp3) is 0.0345. The molecule has 170 valence electrons. The van der Waals surface area contributed by atoms with Gasteiger partial charge in [0.05, 0.1) is 17.1 Å². The Morgan fingerprint density at radius 3 is 1.74 bits per heavy atom. The molecule has 35 heavy (non-hydrogen) atoms. The van der Waals surface area contributed by atoms with Gasteiger partial charge in [0.15, 0.2) is 0 Å². The van der Waals surface area contributed by atoms with Crippen LogP contribution in [0.2, 0.25) is 0 Å². The first-order valence-electron chi connectivity index (χ1n) is 11.3. The molecule has 0 unspecified atom stereocenters. The zero-order valence-corrected chi connectivity index (χ0v) is 21.1. The number of hydrogen-bond acceptors (Lipinski definition) is 5. The van der Waals surface area contributed by atoms with Gasteiger partial charge in [0.2, 0.25) is 4.99 Å². The maximum atomic E-state index is 5.20. The van der Waals surface area contributed by atoms with Gasteiger partial charge in [-0.25, -0.2) is 10.0 Å². The van der Waals surface area contributed by atoms with Crippen LogP contribution in [0.4, 0.5) is 11.4 Å². The predicted molar refractivity (Wildman–Crippen MR) is 151 cm³/mol. The first kappa shape index (κ1) is 21.9. The zero-order valence-electron chi connectivity index (χ0n) is 18.7. The maximum absolute atomic E-state index is 5.20. The van der Waals surface area contributed by atoms with Gasteiger partial charge in [-0.3, -0.25) is 0 Å². The molecule has 1 atom stereocenters. The lowest BCUT2D eigenvalue weighted by Crippen LogP contribution is -2.53. The van der Waals surface area contributed by atoms with Gasteiger partial charge in [0.25, 0.3) is 0 Å². The number of halogens is 1. The van der Waals surface area contributed by atoms with E-state index in [9.17, 15) is 0 Å². The molecule has 4 aromatic rings. The standard InChI is InChI=1S/C29H21BrN4S/c30-24-18-16-22(17-19-24)27-20-21-29(33(31-27)25-12-6-2-7-13-25)34(26-14-8-3-9-15-26)32-28(35-29)23-10-4-1-5-11-23/h1-21H/t29-/m0/s1. The predicted octanol–water partition coefficient (Wildman–Crippen LogP) is 7.50. The minimum absolute atomic E-state index is 0.702. The molecule has 0 amide bonds. The fourth-order valence-electron chi connectivity index (χ4n) is 4.17. The molecule has 6 rings (SSSR count). The van der Waals surface area contributed by atoms with Gasteiger partial charge in [0, 0.05) is 15.6 Å². The first-order chi connectivity index (χ1) is 17.2. The van der Waals surface area contributed by atoms with Crippen LogP contribution >= 0.6 is 27.7 Å². The largest absolute Gasteiger partial charge is 0.227 e. The molecular weight excluding hydrogens is 516 g/mol. The summed E-state index contributed by atoms with van der Waals surface area (Å²) in [4.78, 5) is -0.702. The molecule has 2 heterocycles. The van der Waals surface area contributed by atoms with Gasteiger partial charge in [-0.15, -0.1) is 0 Å². The third-order valence-electron chi connectivity index (χ3n) is 5.87. The van der Waals surface area contributed by atoms with Gasteiger partial charge in [-0.2, -0.15) is 10.2 Å². The van der Waals surface area contributed by atoms with Crippen LogP contribution in [0.1, 0.15) is 11.1 Å². The monoisotopic (exact) mass is 536 g/mol. The fourth-order valence-corrected chi connectivity index (χ4v) is 5.70. The lowest BCUT2D eigenvalue weighted by atomic mass is 10.1. The molecule has 4 aromatic carbocycles. The Kier molecular flexibility index (Phi) is 5.76. The SMILES string of the molecule is Brc1ccc(C2=NN(c3ccccc3)[C@]3(C=C2)SC(c2ccccc2)=NN3c2ccccc2)cc1. The van der Waals surface area contributed by atoms with Crippen molar-refractivity contribution in [1.29, 1.82) is 0 Å². The molecule has 4 nitrogen and oxygen atoms in total. The van der Waals surface area contributed by atoms with E-state index in [0.29, 0.717) is 0 Å². The molecule has 0 saturated heterocycles. The van der Waals surface area contributed by atoms with Crippen LogP contribution in [0.15, 0.2) is 142 Å². The van der Waals surface area contributed by atoms with Crippen LogP contribution in [0.25, 0.3) is 0 Å². The number of nitrogens with zero attached hydrogens (tertiary/aromatic N) is 4. The number of anilines is 2. The molecule has 2 aliphatic rings. The van der Waals surface area contributed by atoms with E-state index in [1.807, 2.05) is 66.7 Å². The molecule has 0 N–H and O–H groups in total. The second-order valence-electron chi connectivity index (χ2n) is 8.15. The van der Waals surface area contributed by atoms with E-state index in [2.05, 4.69) is 86.6 Å². The minimum atomic E-state index is -0.702. The Morgan fingerprint density at radius 1 is 0.600 bits per heavy atom. The number of hydrazone groups is 2. The lowest BCUT2D eigenvalue weighted by Gasteiger charge is -2.43. The van der Waals surface area contributed by atoms with Crippen molar-refractivity contribution in [3.05, 3.63) is 143 Å². The van der Waals surface area contributed by atoms with Gasteiger partial charge < -0.3 is 0 Å². The van der Waals surface area contributed by atoms with E-state index in [0.717, 1.165) is 37.7 Å². The van der Waals surface area contributed by atoms with E-state index in [4.69, 9.17) is 10.2 Å². The van der Waals surface area contributed by atoms with E-state index >= 15 is 0 Å². The van der Waals surface area contributed by atoms with Crippen LogP contribution in [0.5, 0.6) is 0 Å². The molecule has 0 fully saturated rings. The van der Waals surface area contributed by atoms with Gasteiger partial charge >= 0.3 is 0 Å². The second kappa shape index (κ2) is 9.21. The van der Waals surface area contributed by atoms with E-state index in [1.54, 1.807) is 11.8 Å². The van der Waals surface area contributed by atoms with Crippen molar-refractivity contribution in [3.8, 4) is 0 Å². The molecule has 0 aromatic heterocycles. The van der Waals surface area contributed by atoms with Crippen LogP contribution in [-0.4, -0.2) is 15.8 Å². The number of thioether (sulfide) groups is 1. The third-order valence-corrected chi connectivity index (χ3v) is 7.69. The summed E-state index contributed by atoms with van der Waals surface area (Å²) >= 11 is 5.23. The Hall–Kier alpha value is -3.61. The molecule has 2 aliphatic heterocycles. The average Bonchev–Trinajstić information content (AvgIpc) is 3.31. The van der Waals surface area contributed by atoms with Gasteiger partial charge in [-0.1, -0.05) is 94.8 Å². The lowest BCUT2D eigenvalue weighted by molar-refractivity contribution is 0.624. The van der Waals surface area contributed by atoms with Gasteiger partial charge in [0.1, 0.15) is 5.04 Å². The normalized spacial score (nSPS) is 19.1. The van der Waals surface area contributed by atoms with Crippen molar-refractivity contribution in [2.75, 3.05) is 10.0 Å². The number of benzene rings is 4. The van der Waals surface area contributed by atoms with E-state index in [1.165, 1.54) is 0 Å². The Morgan fingerprint density at radius 2 is 1.14 bits per heavy atom. The quantitative estimate of drug-likeness (QED) is 0.270. The summed E-state index contributed by atoms with van der Waals surface area (Å²) in [5.74, 6) is 0. The Balaban J connectivity index is 1.51. The highest BCUT2D eigenvalue weighted by atomic mass is 79.9. The second-order valence-corrected chi connectivity index (χ2v) is 10.3. The van der Waals surface area contributed by atoms with Crippen molar-refractivity contribution < 1.29 is 0 Å². The van der Waals surface area contributed by atoms with Gasteiger partial charge in [-0.05, 0) is 60.3 Å². The third kappa shape index (κ3) is 4.09. The average molecular weight is 537 g/mol. The molecule has 0 bridgehead atoms. The van der Waals surface area contributed by atoms with Crippen molar-refractivity contribution in [2.45, 2.75) is 4.99 Å². The first-order valence-corrected chi connectivity index (χ1v) is 12.9. The molecule has 0 aliphatic carbocycles. The summed E-state index contributed by atoms with van der Waals surface area (Å²) < 4.78 is 1.04.